The van der Waals surface area contributed by atoms with Gasteiger partial charge in [-0.3, -0.25) is 4.79 Å². The van der Waals surface area contributed by atoms with Crippen LogP contribution in [0, 0.1) is 5.41 Å². The largest absolute Gasteiger partial charge is 0.325 e. The summed E-state index contributed by atoms with van der Waals surface area (Å²) in [6.07, 6.45) is 0.992. The van der Waals surface area contributed by atoms with Gasteiger partial charge in [-0.1, -0.05) is 33.8 Å². The Kier molecular flexibility index (Phi) is 4.14. The molecule has 0 unspecified atom stereocenters. The zero-order valence-electron chi connectivity index (χ0n) is 10.2. The molecule has 0 saturated heterocycles. The van der Waals surface area contributed by atoms with Crippen LogP contribution in [0.2, 0.25) is 0 Å². The zero-order chi connectivity index (χ0) is 12.3. The number of amides is 1. The predicted molar refractivity (Wildman–Crippen MR) is 71.6 cm³/mol. The smallest absolute Gasteiger partial charge is 0.229 e. The molecular weight excluding hydrogens is 266 g/mol. The summed E-state index contributed by atoms with van der Waals surface area (Å²) in [5.41, 5.74) is 1.71. The van der Waals surface area contributed by atoms with E-state index < -0.39 is 0 Å². The van der Waals surface area contributed by atoms with Gasteiger partial charge in [0.1, 0.15) is 0 Å². The number of carbonyl (C=O) groups excluding carboxylic acids is 1. The third kappa shape index (κ3) is 3.34. The van der Waals surface area contributed by atoms with E-state index in [1.165, 1.54) is 5.56 Å². The number of anilines is 1. The van der Waals surface area contributed by atoms with Gasteiger partial charge in [-0.15, -0.1) is 0 Å². The first kappa shape index (κ1) is 13.2. The molecule has 1 aromatic rings. The minimum Gasteiger partial charge on any atom is -0.325 e. The SMILES string of the molecule is CCc1ccc(NC(=O)C(C)(C)C)c(Br)c1. The summed E-state index contributed by atoms with van der Waals surface area (Å²) in [5.74, 6) is 0.0254. The van der Waals surface area contributed by atoms with Crippen molar-refractivity contribution in [2.45, 2.75) is 34.1 Å². The summed E-state index contributed by atoms with van der Waals surface area (Å²) < 4.78 is 0.935. The topological polar surface area (TPSA) is 29.1 Å². The number of benzene rings is 1. The highest BCUT2D eigenvalue weighted by molar-refractivity contribution is 9.10. The molecule has 2 nitrogen and oxygen atoms in total. The molecule has 1 amide bonds. The fraction of sp³-hybridized carbons (Fsp3) is 0.462. The molecule has 0 aliphatic carbocycles. The van der Waals surface area contributed by atoms with Crippen molar-refractivity contribution < 1.29 is 4.79 Å². The van der Waals surface area contributed by atoms with Gasteiger partial charge < -0.3 is 5.32 Å². The Balaban J connectivity index is 2.87. The normalized spacial score (nSPS) is 11.3. The van der Waals surface area contributed by atoms with E-state index in [4.69, 9.17) is 0 Å². The molecule has 0 aromatic heterocycles. The Labute approximate surface area is 106 Å². The number of hydrogen-bond donors (Lipinski definition) is 1. The number of halogens is 1. The van der Waals surface area contributed by atoms with Crippen LogP contribution in [0.3, 0.4) is 0 Å². The van der Waals surface area contributed by atoms with E-state index in [1.807, 2.05) is 39.0 Å². The van der Waals surface area contributed by atoms with Crippen LogP contribution in [0.5, 0.6) is 0 Å². The van der Waals surface area contributed by atoms with Crippen LogP contribution in [0.15, 0.2) is 22.7 Å². The van der Waals surface area contributed by atoms with Crippen molar-refractivity contribution in [2.24, 2.45) is 5.41 Å². The van der Waals surface area contributed by atoms with E-state index in [-0.39, 0.29) is 11.3 Å². The molecule has 1 aromatic carbocycles. The Morgan fingerprint density at radius 1 is 1.38 bits per heavy atom. The molecule has 16 heavy (non-hydrogen) atoms. The van der Waals surface area contributed by atoms with Crippen molar-refractivity contribution >= 4 is 27.5 Å². The van der Waals surface area contributed by atoms with E-state index in [0.717, 1.165) is 16.6 Å². The lowest BCUT2D eigenvalue weighted by atomic mass is 9.95. The maximum Gasteiger partial charge on any atom is 0.229 e. The summed E-state index contributed by atoms with van der Waals surface area (Å²) in [7, 11) is 0. The first-order chi connectivity index (χ1) is 7.34. The summed E-state index contributed by atoms with van der Waals surface area (Å²) in [6, 6.07) is 6.01. The lowest BCUT2D eigenvalue weighted by Crippen LogP contribution is -2.27. The number of rotatable bonds is 2. The van der Waals surface area contributed by atoms with Gasteiger partial charge in [0, 0.05) is 9.89 Å². The first-order valence-corrected chi connectivity index (χ1v) is 6.23. The molecule has 0 saturated carbocycles. The standard InChI is InChI=1S/C13H18BrNO/c1-5-9-6-7-11(10(14)8-9)15-12(16)13(2,3)4/h6-8H,5H2,1-4H3,(H,15,16). The molecule has 3 heteroatoms. The second-order valence-electron chi connectivity index (χ2n) is 4.87. The highest BCUT2D eigenvalue weighted by Crippen LogP contribution is 2.26. The van der Waals surface area contributed by atoms with Crippen LogP contribution in [0.25, 0.3) is 0 Å². The predicted octanol–water partition coefficient (Wildman–Crippen LogP) is 4.00. The summed E-state index contributed by atoms with van der Waals surface area (Å²) >= 11 is 3.47. The average molecular weight is 284 g/mol. The van der Waals surface area contributed by atoms with Gasteiger partial charge in [0.15, 0.2) is 0 Å². The van der Waals surface area contributed by atoms with Gasteiger partial charge in [-0.05, 0) is 40.0 Å². The minimum atomic E-state index is -0.372. The Morgan fingerprint density at radius 2 is 2.00 bits per heavy atom. The highest BCUT2D eigenvalue weighted by Gasteiger charge is 2.21. The van der Waals surface area contributed by atoms with Crippen molar-refractivity contribution in [3.8, 4) is 0 Å². The summed E-state index contributed by atoms with van der Waals surface area (Å²) in [5, 5.41) is 2.92. The van der Waals surface area contributed by atoms with Crippen molar-refractivity contribution in [3.05, 3.63) is 28.2 Å². The second kappa shape index (κ2) is 5.00. The molecule has 0 radical (unpaired) electrons. The maximum atomic E-state index is 11.8. The second-order valence-corrected chi connectivity index (χ2v) is 5.73. The van der Waals surface area contributed by atoms with Crippen LogP contribution in [-0.2, 0) is 11.2 Å². The van der Waals surface area contributed by atoms with Gasteiger partial charge in [0.25, 0.3) is 0 Å². The molecular formula is C13H18BrNO. The van der Waals surface area contributed by atoms with Crippen LogP contribution in [0.1, 0.15) is 33.3 Å². The monoisotopic (exact) mass is 283 g/mol. The summed E-state index contributed by atoms with van der Waals surface area (Å²) in [6.45, 7) is 7.80. The highest BCUT2D eigenvalue weighted by atomic mass is 79.9. The average Bonchev–Trinajstić information content (AvgIpc) is 2.19. The lowest BCUT2D eigenvalue weighted by Gasteiger charge is -2.18. The molecule has 0 aliphatic heterocycles. The van der Waals surface area contributed by atoms with Crippen molar-refractivity contribution in [1.82, 2.24) is 0 Å². The quantitative estimate of drug-likeness (QED) is 0.874. The van der Waals surface area contributed by atoms with Crippen molar-refractivity contribution in [2.75, 3.05) is 5.32 Å². The number of aryl methyl sites for hydroxylation is 1. The third-order valence-corrected chi connectivity index (χ3v) is 3.03. The lowest BCUT2D eigenvalue weighted by molar-refractivity contribution is -0.123. The van der Waals surface area contributed by atoms with Gasteiger partial charge in [0.05, 0.1) is 5.69 Å². The van der Waals surface area contributed by atoms with Gasteiger partial charge in [-0.25, -0.2) is 0 Å². The Hall–Kier alpha value is -0.830. The molecule has 0 spiro atoms. The first-order valence-electron chi connectivity index (χ1n) is 5.44. The third-order valence-electron chi connectivity index (χ3n) is 2.37. The van der Waals surface area contributed by atoms with E-state index in [1.54, 1.807) is 0 Å². The number of carbonyl (C=O) groups is 1. The van der Waals surface area contributed by atoms with Crippen molar-refractivity contribution in [1.29, 1.82) is 0 Å². The number of nitrogens with one attached hydrogen (secondary N) is 1. The van der Waals surface area contributed by atoms with Crippen molar-refractivity contribution in [3.63, 3.8) is 0 Å². The minimum absolute atomic E-state index is 0.0254. The molecule has 0 fully saturated rings. The van der Waals surface area contributed by atoms with Gasteiger partial charge in [0.2, 0.25) is 5.91 Å². The Morgan fingerprint density at radius 3 is 2.44 bits per heavy atom. The molecule has 1 N–H and O–H groups in total. The van der Waals surface area contributed by atoms with Crippen LogP contribution in [-0.4, -0.2) is 5.91 Å². The van der Waals surface area contributed by atoms with E-state index in [0.29, 0.717) is 0 Å². The van der Waals surface area contributed by atoms with E-state index in [2.05, 4.69) is 28.2 Å². The molecule has 1 rings (SSSR count). The molecule has 0 bridgehead atoms. The van der Waals surface area contributed by atoms with Crippen LogP contribution >= 0.6 is 15.9 Å². The van der Waals surface area contributed by atoms with Gasteiger partial charge in [-0.2, -0.15) is 0 Å². The fourth-order valence-electron chi connectivity index (χ4n) is 1.19. The van der Waals surface area contributed by atoms with E-state index in [9.17, 15) is 4.79 Å². The molecule has 0 heterocycles. The van der Waals surface area contributed by atoms with E-state index >= 15 is 0 Å². The molecule has 0 aliphatic rings. The fourth-order valence-corrected chi connectivity index (χ4v) is 1.72. The van der Waals surface area contributed by atoms with Crippen LogP contribution < -0.4 is 5.32 Å². The zero-order valence-corrected chi connectivity index (χ0v) is 11.8. The summed E-state index contributed by atoms with van der Waals surface area (Å²) in [4.78, 5) is 11.8. The Bertz CT molecular complexity index is 393. The molecule has 0 atom stereocenters. The maximum absolute atomic E-state index is 11.8. The van der Waals surface area contributed by atoms with Gasteiger partial charge >= 0.3 is 0 Å². The van der Waals surface area contributed by atoms with Crippen LogP contribution in [0.4, 0.5) is 5.69 Å². The molecule has 88 valence electrons. The number of hydrogen-bond acceptors (Lipinski definition) is 1.